The first-order valence-electron chi connectivity index (χ1n) is 7.45. The molecule has 1 amide bonds. The minimum Gasteiger partial charge on any atom is -0.467 e. The molecule has 0 radical (unpaired) electrons. The van der Waals surface area contributed by atoms with E-state index in [1.165, 1.54) is 23.2 Å². The zero-order valence-corrected chi connectivity index (χ0v) is 13.4. The van der Waals surface area contributed by atoms with Crippen molar-refractivity contribution in [3.8, 4) is 5.88 Å². The van der Waals surface area contributed by atoms with Crippen LogP contribution >= 0.6 is 11.3 Å². The fourth-order valence-corrected chi connectivity index (χ4v) is 3.75. The first kappa shape index (κ1) is 14.1. The molecule has 2 aromatic heterocycles. The summed E-state index contributed by atoms with van der Waals surface area (Å²) in [5.74, 6) is 0.411. The van der Waals surface area contributed by atoms with Crippen molar-refractivity contribution in [2.45, 2.75) is 19.4 Å². The number of para-hydroxylation sites is 1. The van der Waals surface area contributed by atoms with Crippen LogP contribution < -0.4 is 9.64 Å². The number of carbonyl (C=O) groups excluding carboxylic acids is 1. The molecule has 0 N–H and O–H groups in total. The summed E-state index contributed by atoms with van der Waals surface area (Å²) in [5.41, 5.74) is 2.19. The van der Waals surface area contributed by atoms with E-state index in [0.29, 0.717) is 5.88 Å². The fraction of sp³-hybridized carbons (Fsp3) is 0.235. The number of amides is 1. The van der Waals surface area contributed by atoms with E-state index < -0.39 is 0 Å². The molecule has 0 bridgehead atoms. The molecule has 3 heterocycles. The Labute approximate surface area is 137 Å². The van der Waals surface area contributed by atoms with Crippen molar-refractivity contribution in [1.29, 1.82) is 0 Å². The van der Waals surface area contributed by atoms with Gasteiger partial charge in [0.15, 0.2) is 6.61 Å². The molecule has 1 aliphatic rings. The minimum absolute atomic E-state index is 0.0271. The van der Waals surface area contributed by atoms with Gasteiger partial charge >= 0.3 is 0 Å². The number of hydrogen-bond acceptors (Lipinski definition) is 5. The number of fused-ring (bicyclic) bond motifs is 2. The van der Waals surface area contributed by atoms with E-state index in [0.717, 1.165) is 22.3 Å². The first-order chi connectivity index (χ1) is 11.2. The van der Waals surface area contributed by atoms with Gasteiger partial charge in [-0.3, -0.25) is 4.79 Å². The largest absolute Gasteiger partial charge is 0.467 e. The molecule has 116 valence electrons. The van der Waals surface area contributed by atoms with Crippen LogP contribution in [-0.2, 0) is 11.2 Å². The molecule has 0 saturated heterocycles. The number of hydrogen-bond donors (Lipinski definition) is 0. The van der Waals surface area contributed by atoms with E-state index in [4.69, 9.17) is 4.74 Å². The van der Waals surface area contributed by atoms with Crippen molar-refractivity contribution in [2.24, 2.45) is 0 Å². The summed E-state index contributed by atoms with van der Waals surface area (Å²) in [6.45, 7) is 2.03. The predicted octanol–water partition coefficient (Wildman–Crippen LogP) is 3.05. The number of aromatic nitrogens is 2. The molecule has 1 atom stereocenters. The number of carbonyl (C=O) groups is 1. The quantitative estimate of drug-likeness (QED) is 0.743. The van der Waals surface area contributed by atoms with Gasteiger partial charge in [-0.05, 0) is 36.4 Å². The predicted molar refractivity (Wildman–Crippen MR) is 90.0 cm³/mol. The zero-order valence-electron chi connectivity index (χ0n) is 12.6. The van der Waals surface area contributed by atoms with Crippen molar-refractivity contribution in [1.82, 2.24) is 9.97 Å². The number of anilines is 1. The van der Waals surface area contributed by atoms with E-state index in [9.17, 15) is 4.79 Å². The number of benzene rings is 1. The Morgan fingerprint density at radius 1 is 1.35 bits per heavy atom. The third kappa shape index (κ3) is 2.45. The highest BCUT2D eigenvalue weighted by molar-refractivity contribution is 7.16. The highest BCUT2D eigenvalue weighted by Gasteiger charge is 2.30. The lowest BCUT2D eigenvalue weighted by molar-refractivity contribution is -0.120. The molecule has 0 spiro atoms. The summed E-state index contributed by atoms with van der Waals surface area (Å²) < 4.78 is 5.68. The van der Waals surface area contributed by atoms with Crippen LogP contribution in [0.5, 0.6) is 5.88 Å². The van der Waals surface area contributed by atoms with E-state index in [1.54, 1.807) is 0 Å². The summed E-state index contributed by atoms with van der Waals surface area (Å²) in [5, 5.41) is 2.78. The van der Waals surface area contributed by atoms with Crippen LogP contribution in [0.3, 0.4) is 0 Å². The first-order valence-corrected chi connectivity index (χ1v) is 8.33. The maximum Gasteiger partial charge on any atom is 0.265 e. The number of nitrogens with zero attached hydrogens (tertiary/aromatic N) is 3. The van der Waals surface area contributed by atoms with Gasteiger partial charge in [0.1, 0.15) is 11.2 Å². The van der Waals surface area contributed by atoms with Gasteiger partial charge in [-0.15, -0.1) is 11.3 Å². The molecule has 6 heteroatoms. The van der Waals surface area contributed by atoms with Crippen molar-refractivity contribution in [3.05, 3.63) is 47.6 Å². The molecule has 5 nitrogen and oxygen atoms in total. The Balaban J connectivity index is 1.54. The molecule has 4 rings (SSSR count). The zero-order chi connectivity index (χ0) is 15.8. The van der Waals surface area contributed by atoms with Crippen molar-refractivity contribution < 1.29 is 9.53 Å². The molecule has 0 fully saturated rings. The Hall–Kier alpha value is -2.47. The lowest BCUT2D eigenvalue weighted by Crippen LogP contribution is -2.39. The fourth-order valence-electron chi connectivity index (χ4n) is 3.03. The number of thiophene rings is 1. The van der Waals surface area contributed by atoms with Gasteiger partial charge in [-0.25, -0.2) is 9.97 Å². The van der Waals surface area contributed by atoms with Crippen LogP contribution in [0.4, 0.5) is 5.69 Å². The molecule has 1 aliphatic heterocycles. The van der Waals surface area contributed by atoms with Gasteiger partial charge in [0.2, 0.25) is 5.88 Å². The topological polar surface area (TPSA) is 55.3 Å². The molecule has 1 unspecified atom stereocenters. The second kappa shape index (κ2) is 5.62. The van der Waals surface area contributed by atoms with Crippen LogP contribution in [0.1, 0.15) is 12.5 Å². The molecular formula is C17H15N3O2S. The average molecular weight is 325 g/mol. The third-order valence-electron chi connectivity index (χ3n) is 4.03. The molecule has 3 aromatic rings. The highest BCUT2D eigenvalue weighted by Crippen LogP contribution is 2.32. The van der Waals surface area contributed by atoms with Crippen LogP contribution in [0, 0.1) is 0 Å². The van der Waals surface area contributed by atoms with Crippen LogP contribution in [0.25, 0.3) is 10.2 Å². The summed E-state index contributed by atoms with van der Waals surface area (Å²) in [4.78, 5) is 23.6. The molecule has 0 saturated carbocycles. The Kier molecular flexibility index (Phi) is 3.46. The van der Waals surface area contributed by atoms with E-state index in [-0.39, 0.29) is 18.6 Å². The van der Waals surface area contributed by atoms with E-state index in [1.807, 2.05) is 34.5 Å². The SMILES string of the molecule is CC1Cc2ccccc2N1C(=O)COc1ncnc2sccc12. The number of ether oxygens (including phenoxy) is 1. The molecule has 23 heavy (non-hydrogen) atoms. The van der Waals surface area contributed by atoms with Crippen LogP contribution in [-0.4, -0.2) is 28.5 Å². The standard InChI is InChI=1S/C17H15N3O2S/c1-11-8-12-4-2-3-5-14(12)20(11)15(21)9-22-16-13-6-7-23-17(13)19-10-18-16/h2-7,10-11H,8-9H2,1H3. The monoisotopic (exact) mass is 325 g/mol. The van der Waals surface area contributed by atoms with Gasteiger partial charge in [0, 0.05) is 11.7 Å². The summed E-state index contributed by atoms with van der Waals surface area (Å²) in [7, 11) is 0. The van der Waals surface area contributed by atoms with Gasteiger partial charge in [-0.2, -0.15) is 0 Å². The lowest BCUT2D eigenvalue weighted by atomic mass is 10.1. The maximum atomic E-state index is 12.6. The normalized spacial score (nSPS) is 16.6. The average Bonchev–Trinajstić information content (AvgIpc) is 3.15. The summed E-state index contributed by atoms with van der Waals surface area (Å²) in [6.07, 6.45) is 2.34. The smallest absolute Gasteiger partial charge is 0.265 e. The molecular weight excluding hydrogens is 310 g/mol. The second-order valence-electron chi connectivity index (χ2n) is 5.55. The van der Waals surface area contributed by atoms with Gasteiger partial charge < -0.3 is 9.64 Å². The highest BCUT2D eigenvalue weighted by atomic mass is 32.1. The summed E-state index contributed by atoms with van der Waals surface area (Å²) >= 11 is 1.53. The van der Waals surface area contributed by atoms with E-state index in [2.05, 4.69) is 23.0 Å². The molecule has 0 aliphatic carbocycles. The maximum absolute atomic E-state index is 12.6. The van der Waals surface area contributed by atoms with Gasteiger partial charge in [-0.1, -0.05) is 18.2 Å². The van der Waals surface area contributed by atoms with E-state index >= 15 is 0 Å². The van der Waals surface area contributed by atoms with Gasteiger partial charge in [0.25, 0.3) is 5.91 Å². The van der Waals surface area contributed by atoms with Gasteiger partial charge in [0.05, 0.1) is 5.39 Å². The van der Waals surface area contributed by atoms with Crippen LogP contribution in [0.2, 0.25) is 0 Å². The second-order valence-corrected chi connectivity index (χ2v) is 6.45. The van der Waals surface area contributed by atoms with Crippen molar-refractivity contribution >= 4 is 33.1 Å². The Morgan fingerprint density at radius 3 is 3.13 bits per heavy atom. The summed E-state index contributed by atoms with van der Waals surface area (Å²) in [6, 6.07) is 10.1. The third-order valence-corrected chi connectivity index (χ3v) is 4.85. The van der Waals surface area contributed by atoms with Crippen LogP contribution in [0.15, 0.2) is 42.0 Å². The Bertz CT molecular complexity index is 877. The van der Waals surface area contributed by atoms with Crippen molar-refractivity contribution in [3.63, 3.8) is 0 Å². The molecule has 1 aromatic carbocycles. The Morgan fingerprint density at radius 2 is 2.22 bits per heavy atom. The minimum atomic E-state index is -0.0514. The lowest BCUT2D eigenvalue weighted by Gasteiger charge is -2.22. The number of rotatable bonds is 3. The van der Waals surface area contributed by atoms with Crippen molar-refractivity contribution in [2.75, 3.05) is 11.5 Å².